The van der Waals surface area contributed by atoms with E-state index in [1.807, 2.05) is 0 Å². The third-order valence-electron chi connectivity index (χ3n) is 0. The fourth-order valence-corrected chi connectivity index (χ4v) is 0. The molecule has 0 rings (SSSR count). The van der Waals surface area contributed by atoms with Gasteiger partial charge in [-0.1, -0.05) is 0 Å². The van der Waals surface area contributed by atoms with Crippen LogP contribution >= 0.6 is 0 Å². The molecule has 0 aliphatic heterocycles. The number of hydrogen-bond donors (Lipinski definition) is 0. The third-order valence-corrected chi connectivity index (χ3v) is 0. The standard InChI is InChI=1S/Al.La.Mg.Ni.5H/p+1. The Morgan fingerprint density at radius 2 is 1.25 bits per heavy atom. The minimum absolute atomic E-state index is 0. The van der Waals surface area contributed by atoms with E-state index in [2.05, 4.69) is 0 Å². The first-order chi connectivity index (χ1) is 0. The number of rotatable bonds is 0. The predicted molar refractivity (Wildman–Crippen MR) is 19.6 cm³/mol. The molecule has 23 valence electrons. The summed E-state index contributed by atoms with van der Waals surface area (Å²) in [6.07, 6.45) is 0. The van der Waals surface area contributed by atoms with Gasteiger partial charge in [0.25, 0.3) is 0 Å². The minimum Gasteiger partial charge on any atom is 0 e. The molecule has 0 amide bonds. The van der Waals surface area contributed by atoms with Gasteiger partial charge in [-0.3, -0.25) is 0 Å². The molecule has 1 radical (unpaired) electrons. The molecule has 4 heavy (non-hydrogen) atoms. The van der Waals surface area contributed by atoms with Crippen LogP contribution in [0.2, 0.25) is 0 Å². The van der Waals surface area contributed by atoms with E-state index in [1.165, 1.54) is 0 Å². The average Bonchev–Trinajstić information content (AvgIpc) is 0. The van der Waals surface area contributed by atoms with Crippen LogP contribution in [0.5, 0.6) is 0 Å². The van der Waals surface area contributed by atoms with Crippen molar-refractivity contribution in [1.82, 2.24) is 0 Å². The summed E-state index contributed by atoms with van der Waals surface area (Å²) >= 11 is 0. The summed E-state index contributed by atoms with van der Waals surface area (Å²) in [5.74, 6) is 0. The molecule has 0 spiro atoms. The summed E-state index contributed by atoms with van der Waals surface area (Å²) in [6, 6.07) is 0. The van der Waals surface area contributed by atoms with Crippen molar-refractivity contribution >= 4 is 40.4 Å². The van der Waals surface area contributed by atoms with Crippen LogP contribution in [0.15, 0.2) is 0 Å². The monoisotopic (exact) mass is 254 g/mol. The molecule has 4 heteroatoms. The van der Waals surface area contributed by atoms with Gasteiger partial charge in [0.05, 0.1) is 0 Å². The van der Waals surface area contributed by atoms with Gasteiger partial charge in [-0.2, -0.15) is 0 Å². The smallest absolute Gasteiger partial charge is 0 e. The normalized spacial score (nSPS) is 0. The van der Waals surface area contributed by atoms with Crippen molar-refractivity contribution in [1.29, 1.82) is 0 Å². The van der Waals surface area contributed by atoms with Crippen LogP contribution in [0.3, 0.4) is 0 Å². The summed E-state index contributed by atoms with van der Waals surface area (Å²) in [5.41, 5.74) is 0. The summed E-state index contributed by atoms with van der Waals surface area (Å²) in [7, 11) is 0. The second kappa shape index (κ2) is 16.7. The van der Waals surface area contributed by atoms with Gasteiger partial charge in [0.15, 0.2) is 17.4 Å². The Labute approximate surface area is 92.1 Å². The van der Waals surface area contributed by atoms with Crippen molar-refractivity contribution in [2.75, 3.05) is 0 Å². The molecular formula is H6AlLaMgNi+. The van der Waals surface area contributed by atoms with E-state index in [0.29, 0.717) is 0 Å². The van der Waals surface area contributed by atoms with Gasteiger partial charge in [0.1, 0.15) is 0 Å². The Hall–Kier alpha value is 2.99. The van der Waals surface area contributed by atoms with Crippen LogP contribution in [0.25, 0.3) is 0 Å². The van der Waals surface area contributed by atoms with Gasteiger partial charge >= 0.3 is 24.5 Å². The fraction of sp³-hybridized carbons (Fsp3) is 0. The molecule has 0 fully saturated rings. The molecule has 0 aromatic carbocycles. The molecule has 0 N–H and O–H groups in total. The Balaban J connectivity index is 0. The molecule has 0 saturated carbocycles. The van der Waals surface area contributed by atoms with Crippen molar-refractivity contribution in [2.24, 2.45) is 0 Å². The van der Waals surface area contributed by atoms with Gasteiger partial charge in [-0.15, -0.1) is 0 Å². The van der Waals surface area contributed by atoms with Crippen LogP contribution in [0, 0.1) is 35.6 Å². The van der Waals surface area contributed by atoms with Crippen LogP contribution in [-0.2, 0) is 16.5 Å². The second-order valence-corrected chi connectivity index (χ2v) is 0. The van der Waals surface area contributed by atoms with Gasteiger partial charge in [-0.05, 0) is 0 Å². The molecule has 0 bridgehead atoms. The van der Waals surface area contributed by atoms with E-state index in [0.717, 1.165) is 0 Å². The summed E-state index contributed by atoms with van der Waals surface area (Å²) in [4.78, 5) is 0. The zero-order valence-electron chi connectivity index (χ0n) is 1.89. The maximum absolute atomic E-state index is 0. The molecule has 0 heterocycles. The first-order valence-electron chi connectivity index (χ1n) is 0. The van der Waals surface area contributed by atoms with E-state index in [1.54, 1.807) is 0 Å². The fourth-order valence-electron chi connectivity index (χ4n) is 0. The zero-order valence-corrected chi connectivity index (χ0v) is 5.51. The maximum atomic E-state index is 0. The van der Waals surface area contributed by atoms with Gasteiger partial charge in [0.2, 0.25) is 0 Å². The number of hydrogen-bond acceptors (Lipinski definition) is 0. The summed E-state index contributed by atoms with van der Waals surface area (Å²) in [5, 5.41) is 0. The largest absolute Gasteiger partial charge is 1.00 e. The SMILES string of the molecule is [AlH3].[H+].[La].[MgH2].[Ni]. The van der Waals surface area contributed by atoms with Crippen molar-refractivity contribution < 1.29 is 53.5 Å². The Kier molecular flexibility index (Phi) is 117. The first kappa shape index (κ1) is 28.1. The zero-order chi connectivity index (χ0) is 0. The first-order valence-corrected chi connectivity index (χ1v) is 0. The minimum atomic E-state index is 0. The van der Waals surface area contributed by atoms with Crippen LogP contribution in [0.1, 0.15) is 1.43 Å². The maximum Gasteiger partial charge on any atom is 1.00 e. The quantitative estimate of drug-likeness (QED) is 0.440. The molecule has 0 saturated heterocycles. The predicted octanol–water partition coefficient (Wildman–Crippen LogP) is -1.99. The Morgan fingerprint density at radius 3 is 1.25 bits per heavy atom. The van der Waals surface area contributed by atoms with Crippen molar-refractivity contribution in [3.8, 4) is 0 Å². The van der Waals surface area contributed by atoms with Gasteiger partial charge < -0.3 is 0 Å². The Morgan fingerprint density at radius 1 is 1.25 bits per heavy atom. The summed E-state index contributed by atoms with van der Waals surface area (Å²) in [6.45, 7) is 0. The molecular weight excluding hydrogens is 249 g/mol. The van der Waals surface area contributed by atoms with Crippen molar-refractivity contribution in [3.05, 3.63) is 0 Å². The molecule has 0 aromatic rings. The van der Waals surface area contributed by atoms with E-state index in [9.17, 15) is 0 Å². The van der Waals surface area contributed by atoms with Crippen LogP contribution in [0.4, 0.5) is 0 Å². The molecule has 0 unspecified atom stereocenters. The van der Waals surface area contributed by atoms with Crippen LogP contribution in [-0.4, -0.2) is 40.4 Å². The Bertz CT molecular complexity index is 11.6. The van der Waals surface area contributed by atoms with E-state index in [-0.39, 0.29) is 93.9 Å². The van der Waals surface area contributed by atoms with E-state index in [4.69, 9.17) is 0 Å². The molecule has 0 aliphatic rings. The molecule has 0 nitrogen and oxygen atoms in total. The second-order valence-electron chi connectivity index (χ2n) is 0. The topological polar surface area (TPSA) is 0 Å². The molecule has 0 atom stereocenters. The summed E-state index contributed by atoms with van der Waals surface area (Å²) < 4.78 is 0. The van der Waals surface area contributed by atoms with E-state index >= 15 is 0 Å². The molecule has 0 aromatic heterocycles. The third kappa shape index (κ3) is 8.89. The molecule has 0 aliphatic carbocycles. The van der Waals surface area contributed by atoms with Gasteiger partial charge in [-0.25, -0.2) is 0 Å². The van der Waals surface area contributed by atoms with Gasteiger partial charge in [0, 0.05) is 52.1 Å². The van der Waals surface area contributed by atoms with E-state index < -0.39 is 0 Å². The average molecular weight is 255 g/mol. The van der Waals surface area contributed by atoms with Crippen molar-refractivity contribution in [3.63, 3.8) is 0 Å². The van der Waals surface area contributed by atoms with Crippen LogP contribution < -0.4 is 0 Å². The van der Waals surface area contributed by atoms with Crippen molar-refractivity contribution in [2.45, 2.75) is 0 Å².